The highest BCUT2D eigenvalue weighted by Gasteiger charge is 2.31. The average Bonchev–Trinajstić information content (AvgIpc) is 2.73. The van der Waals surface area contributed by atoms with Crippen molar-refractivity contribution in [3.63, 3.8) is 0 Å². The van der Waals surface area contributed by atoms with Crippen molar-refractivity contribution >= 4 is 11.2 Å². The Bertz CT molecular complexity index is 487. The lowest BCUT2D eigenvalue weighted by Crippen LogP contribution is -2.26. The zero-order chi connectivity index (χ0) is 12.3. The van der Waals surface area contributed by atoms with Gasteiger partial charge in [0.2, 0.25) is 0 Å². The van der Waals surface area contributed by atoms with Gasteiger partial charge in [-0.1, -0.05) is 37.3 Å². The molecule has 0 radical (unpaired) electrons. The first-order valence-corrected chi connectivity index (χ1v) is 6.59. The van der Waals surface area contributed by atoms with Crippen LogP contribution in [0.5, 0.6) is 0 Å². The van der Waals surface area contributed by atoms with Crippen LogP contribution in [0.1, 0.15) is 13.3 Å². The molecule has 0 bridgehead atoms. The van der Waals surface area contributed by atoms with Crippen LogP contribution in [0, 0.1) is 5.21 Å². The molecule has 0 N–H and O–H groups in total. The summed E-state index contributed by atoms with van der Waals surface area (Å²) < 4.78 is 16.4. The maximum atomic E-state index is 11.9. The lowest BCUT2D eigenvalue weighted by molar-refractivity contribution is -0.793. The summed E-state index contributed by atoms with van der Waals surface area (Å²) in [4.78, 5) is 0.304. The fraction of sp³-hybridized carbons (Fsp3) is 0.273. The van der Waals surface area contributed by atoms with Crippen molar-refractivity contribution in [1.82, 2.24) is 5.16 Å². The molecule has 0 saturated heterocycles. The fourth-order valence-corrected chi connectivity index (χ4v) is 2.58. The van der Waals surface area contributed by atoms with Gasteiger partial charge in [0, 0.05) is 16.7 Å². The number of hydrogen-bond donors (Lipinski definition) is 0. The van der Waals surface area contributed by atoms with E-state index in [1.165, 1.54) is 0 Å². The third kappa shape index (κ3) is 2.42. The van der Waals surface area contributed by atoms with E-state index in [1.807, 2.05) is 13.0 Å². The Labute approximate surface area is 102 Å². The lowest BCUT2D eigenvalue weighted by Gasteiger charge is -2.03. The molecule has 2 rings (SSSR count). The third-order valence-electron chi connectivity index (χ3n) is 2.24. The Balaban J connectivity index is 2.43. The zero-order valence-corrected chi connectivity index (χ0v) is 10.1. The summed E-state index contributed by atoms with van der Waals surface area (Å²) in [5.74, 6) is 0.465. The van der Waals surface area contributed by atoms with Gasteiger partial charge in [0.05, 0.1) is 0 Å². The molecule has 1 aromatic carbocycles. The summed E-state index contributed by atoms with van der Waals surface area (Å²) in [6.07, 6.45) is 0.757. The van der Waals surface area contributed by atoms with E-state index in [2.05, 4.69) is 9.79 Å². The molecule has 0 spiro atoms. The molecular weight excluding hydrogens is 240 g/mol. The second-order valence-electron chi connectivity index (χ2n) is 3.50. The highest BCUT2D eigenvalue weighted by molar-refractivity contribution is 7.91. The van der Waals surface area contributed by atoms with Gasteiger partial charge in [-0.25, -0.2) is 0 Å². The molecule has 0 saturated carbocycles. The van der Waals surface area contributed by atoms with E-state index in [1.54, 1.807) is 24.3 Å². The quantitative estimate of drug-likeness (QED) is 0.610. The molecule has 2 aromatic rings. The second kappa shape index (κ2) is 5.20. The lowest BCUT2D eigenvalue weighted by atomic mass is 10.2. The van der Waals surface area contributed by atoms with Gasteiger partial charge in [-0.05, 0) is 11.3 Å². The van der Waals surface area contributed by atoms with Crippen LogP contribution in [-0.2, 0) is 11.2 Å². The summed E-state index contributed by atoms with van der Waals surface area (Å²) >= 11 is -1.30. The van der Waals surface area contributed by atoms with E-state index in [0.29, 0.717) is 16.2 Å². The van der Waals surface area contributed by atoms with Gasteiger partial charge >= 0.3 is 5.03 Å². The van der Waals surface area contributed by atoms with E-state index in [0.717, 1.165) is 6.42 Å². The van der Waals surface area contributed by atoms with Gasteiger partial charge in [0.1, 0.15) is 10.9 Å². The molecule has 6 heteroatoms. The third-order valence-corrected chi connectivity index (χ3v) is 3.71. The molecule has 0 amide bonds. The van der Waals surface area contributed by atoms with Gasteiger partial charge in [-0.2, -0.15) is 0 Å². The number of benzene rings is 1. The molecular formula is C11H12N2O3S. The monoisotopic (exact) mass is 252 g/mol. The molecule has 17 heavy (non-hydrogen) atoms. The normalized spacial score (nSPS) is 12.6. The smallest absolute Gasteiger partial charge is 0.421 e. The van der Waals surface area contributed by atoms with Crippen LogP contribution >= 0.6 is 0 Å². The van der Waals surface area contributed by atoms with E-state index in [9.17, 15) is 9.76 Å². The van der Waals surface area contributed by atoms with Crippen molar-refractivity contribution in [3.8, 4) is 11.3 Å². The molecule has 1 unspecified atom stereocenters. The van der Waals surface area contributed by atoms with Crippen molar-refractivity contribution in [2.45, 2.75) is 18.4 Å². The van der Waals surface area contributed by atoms with Crippen molar-refractivity contribution in [2.24, 2.45) is 0 Å². The Morgan fingerprint density at radius 3 is 2.71 bits per heavy atom. The van der Waals surface area contributed by atoms with E-state index in [-0.39, 0.29) is 10.7 Å². The molecule has 1 aromatic heterocycles. The molecule has 0 aliphatic carbocycles. The van der Waals surface area contributed by atoms with Gasteiger partial charge in [0.15, 0.2) is 0 Å². The Morgan fingerprint density at radius 1 is 1.35 bits per heavy atom. The predicted octanol–water partition coefficient (Wildman–Crippen LogP) is 1.49. The summed E-state index contributed by atoms with van der Waals surface area (Å²) in [5.41, 5.74) is 0.889. The summed E-state index contributed by atoms with van der Waals surface area (Å²) in [6.45, 7) is 1.92. The maximum Gasteiger partial charge on any atom is 0.421 e. The predicted molar refractivity (Wildman–Crippen MR) is 62.5 cm³/mol. The molecule has 0 aliphatic rings. The Hall–Kier alpha value is -1.53. The number of aromatic nitrogens is 2. The van der Waals surface area contributed by atoms with Crippen LogP contribution in [-0.4, -0.2) is 15.5 Å². The van der Waals surface area contributed by atoms with Crippen LogP contribution < -0.4 is 4.90 Å². The minimum atomic E-state index is -1.30. The highest BCUT2D eigenvalue weighted by Crippen LogP contribution is 2.23. The first-order chi connectivity index (χ1) is 8.24. The Morgan fingerprint density at radius 2 is 2.06 bits per heavy atom. The molecule has 1 heterocycles. The highest BCUT2D eigenvalue weighted by atomic mass is 32.2. The average molecular weight is 252 g/mol. The van der Waals surface area contributed by atoms with Crippen molar-refractivity contribution in [1.29, 1.82) is 0 Å². The number of hydrogen-bond acceptors (Lipinski definition) is 4. The topological polar surface area (TPSA) is 76.0 Å². The fourth-order valence-electron chi connectivity index (χ4n) is 1.49. The van der Waals surface area contributed by atoms with Crippen molar-refractivity contribution < 1.29 is 14.1 Å². The maximum absolute atomic E-state index is 11.9. The van der Waals surface area contributed by atoms with E-state index < -0.39 is 11.2 Å². The van der Waals surface area contributed by atoms with Gasteiger partial charge in [0.25, 0.3) is 5.69 Å². The zero-order valence-electron chi connectivity index (χ0n) is 9.33. The van der Waals surface area contributed by atoms with E-state index >= 15 is 0 Å². The minimum Gasteiger partial charge on any atom is -0.608 e. The molecule has 5 nitrogen and oxygen atoms in total. The summed E-state index contributed by atoms with van der Waals surface area (Å²) in [5, 5.41) is 15.3. The molecule has 90 valence electrons. The van der Waals surface area contributed by atoms with Gasteiger partial charge in [-0.15, -0.1) is 0 Å². The first kappa shape index (κ1) is 11.9. The largest absolute Gasteiger partial charge is 0.608 e. The number of rotatable bonds is 4. The van der Waals surface area contributed by atoms with Crippen molar-refractivity contribution in [3.05, 3.63) is 35.5 Å². The molecule has 1 atom stereocenters. The second-order valence-corrected chi connectivity index (χ2v) is 4.99. The van der Waals surface area contributed by atoms with Crippen LogP contribution in [0.2, 0.25) is 0 Å². The van der Waals surface area contributed by atoms with Crippen LogP contribution in [0.3, 0.4) is 0 Å². The number of nitrogens with zero attached hydrogens (tertiary/aromatic N) is 2. The summed E-state index contributed by atoms with van der Waals surface area (Å²) in [6, 6.07) is 8.96. The SMILES string of the molecule is CCC[S+]([O-])c1no[n+]([O-])c1-c1ccccc1. The van der Waals surface area contributed by atoms with Crippen LogP contribution in [0.25, 0.3) is 11.3 Å². The summed E-state index contributed by atoms with van der Waals surface area (Å²) in [7, 11) is 0. The Kier molecular flexibility index (Phi) is 3.65. The van der Waals surface area contributed by atoms with E-state index in [4.69, 9.17) is 0 Å². The van der Waals surface area contributed by atoms with Crippen LogP contribution in [0.15, 0.2) is 40.0 Å². The van der Waals surface area contributed by atoms with Gasteiger partial charge < -0.3 is 9.76 Å². The van der Waals surface area contributed by atoms with Crippen LogP contribution in [0.4, 0.5) is 0 Å². The molecule has 0 fully saturated rings. The molecule has 0 aliphatic heterocycles. The van der Waals surface area contributed by atoms with Gasteiger partial charge in [-0.3, -0.25) is 4.63 Å². The first-order valence-electron chi connectivity index (χ1n) is 5.27. The standard InChI is InChI=1S/C11H12N2O3S/c1-2-8-17(15)11-10(13(14)16-12-11)9-6-4-3-5-7-9/h3-7H,2,8H2,1H3. The van der Waals surface area contributed by atoms with Crippen molar-refractivity contribution in [2.75, 3.05) is 5.75 Å². The minimum absolute atomic E-state index is 0.216.